The van der Waals surface area contributed by atoms with Crippen LogP contribution in [0.2, 0.25) is 0 Å². The molecule has 2 bridgehead atoms. The summed E-state index contributed by atoms with van der Waals surface area (Å²) in [6.45, 7) is 0.949. The number of carbonyl (C=O) groups is 2. The fraction of sp³-hybridized carbons (Fsp3) is 0.375. The maximum atomic E-state index is 12.5. The summed E-state index contributed by atoms with van der Waals surface area (Å²) in [6.07, 6.45) is 2.43. The Hall–Kier alpha value is -2.54. The molecule has 0 radical (unpaired) electrons. The lowest BCUT2D eigenvalue weighted by molar-refractivity contribution is -0.145. The van der Waals surface area contributed by atoms with Gasteiger partial charge in [0.25, 0.3) is 0 Å². The third-order valence-corrected chi connectivity index (χ3v) is 4.30. The van der Waals surface area contributed by atoms with Crippen LogP contribution in [-0.4, -0.2) is 42.4 Å². The van der Waals surface area contributed by atoms with E-state index in [-0.39, 0.29) is 5.91 Å². The minimum Gasteiger partial charge on any atom is -0.486 e. The number of carboxylic acids is 1. The molecule has 1 fully saturated rings. The predicted octanol–water partition coefficient (Wildman–Crippen LogP) is 1.05. The molecule has 3 aliphatic heterocycles. The van der Waals surface area contributed by atoms with Gasteiger partial charge in [-0.1, -0.05) is 12.2 Å². The molecule has 0 unspecified atom stereocenters. The first kappa shape index (κ1) is 14.1. The van der Waals surface area contributed by atoms with Gasteiger partial charge in [0.1, 0.15) is 19.1 Å². The molecule has 0 aliphatic carbocycles. The van der Waals surface area contributed by atoms with Crippen LogP contribution in [0.3, 0.4) is 0 Å². The molecular weight excluding hydrogens is 302 g/mol. The van der Waals surface area contributed by atoms with Gasteiger partial charge >= 0.3 is 5.97 Å². The number of fused-ring (bicyclic) bond motifs is 3. The smallest absolute Gasteiger partial charge is 0.310 e. The molecule has 2 N–H and O–H groups in total. The van der Waals surface area contributed by atoms with E-state index < -0.39 is 30.0 Å². The van der Waals surface area contributed by atoms with Gasteiger partial charge in [0.05, 0.1) is 18.1 Å². The molecule has 0 spiro atoms. The summed E-state index contributed by atoms with van der Waals surface area (Å²) in [5.41, 5.74) is 0.537. The maximum Gasteiger partial charge on any atom is 0.310 e. The minimum atomic E-state index is -1.02. The minimum absolute atomic E-state index is 0.370. The van der Waals surface area contributed by atoms with Crippen molar-refractivity contribution in [1.82, 2.24) is 0 Å². The van der Waals surface area contributed by atoms with Crippen molar-refractivity contribution in [1.29, 1.82) is 0 Å². The summed E-state index contributed by atoms with van der Waals surface area (Å²) in [7, 11) is 0. The van der Waals surface area contributed by atoms with E-state index in [1.165, 1.54) is 0 Å². The highest BCUT2D eigenvalue weighted by atomic mass is 16.6. The Labute approximate surface area is 131 Å². The molecule has 4 atom stereocenters. The van der Waals surface area contributed by atoms with Crippen LogP contribution in [0.1, 0.15) is 0 Å². The maximum absolute atomic E-state index is 12.5. The normalized spacial score (nSPS) is 30.3. The summed E-state index contributed by atoms with van der Waals surface area (Å²) in [5.74, 6) is -1.80. The van der Waals surface area contributed by atoms with Gasteiger partial charge in [-0.3, -0.25) is 9.59 Å². The topological polar surface area (TPSA) is 94.1 Å². The number of rotatable bonds is 3. The Morgan fingerprint density at radius 3 is 2.48 bits per heavy atom. The number of carbonyl (C=O) groups excluding carboxylic acids is 1. The van der Waals surface area contributed by atoms with Crippen LogP contribution in [-0.2, 0) is 14.3 Å². The van der Waals surface area contributed by atoms with Crippen LogP contribution in [0.25, 0.3) is 0 Å². The zero-order chi connectivity index (χ0) is 16.0. The van der Waals surface area contributed by atoms with Crippen LogP contribution in [0.15, 0.2) is 30.4 Å². The van der Waals surface area contributed by atoms with Crippen LogP contribution in [0.4, 0.5) is 5.69 Å². The summed E-state index contributed by atoms with van der Waals surface area (Å²) in [5, 5.41) is 12.1. The monoisotopic (exact) mass is 317 g/mol. The highest BCUT2D eigenvalue weighted by Crippen LogP contribution is 2.40. The third kappa shape index (κ3) is 2.33. The van der Waals surface area contributed by atoms with Gasteiger partial charge in [0, 0.05) is 11.8 Å². The Bertz CT molecular complexity index is 700. The van der Waals surface area contributed by atoms with Crippen molar-refractivity contribution in [2.45, 2.75) is 12.2 Å². The van der Waals surface area contributed by atoms with Gasteiger partial charge in [0.15, 0.2) is 11.5 Å². The van der Waals surface area contributed by atoms with E-state index >= 15 is 0 Å². The van der Waals surface area contributed by atoms with Gasteiger partial charge in [-0.2, -0.15) is 0 Å². The van der Waals surface area contributed by atoms with Crippen LogP contribution >= 0.6 is 0 Å². The van der Waals surface area contributed by atoms with Crippen molar-refractivity contribution in [2.24, 2.45) is 11.8 Å². The number of aliphatic carboxylic acids is 1. The lowest BCUT2D eigenvalue weighted by Gasteiger charge is -2.22. The van der Waals surface area contributed by atoms with Crippen molar-refractivity contribution in [3.63, 3.8) is 0 Å². The van der Waals surface area contributed by atoms with Crippen LogP contribution < -0.4 is 14.8 Å². The summed E-state index contributed by atoms with van der Waals surface area (Å²) >= 11 is 0. The number of hydrogen-bond acceptors (Lipinski definition) is 5. The van der Waals surface area contributed by atoms with Gasteiger partial charge in [0.2, 0.25) is 5.91 Å². The fourth-order valence-corrected chi connectivity index (χ4v) is 3.26. The molecule has 0 aromatic heterocycles. The number of nitrogens with one attached hydrogen (secondary N) is 1. The fourth-order valence-electron chi connectivity index (χ4n) is 3.26. The molecule has 1 aromatic rings. The molecule has 7 nitrogen and oxygen atoms in total. The highest BCUT2D eigenvalue weighted by molar-refractivity contribution is 5.96. The molecule has 1 aromatic carbocycles. The highest BCUT2D eigenvalue weighted by Gasteiger charge is 2.53. The second kappa shape index (κ2) is 5.27. The first-order valence-corrected chi connectivity index (χ1v) is 7.40. The predicted molar refractivity (Wildman–Crippen MR) is 78.5 cm³/mol. The Kier molecular flexibility index (Phi) is 3.23. The number of benzene rings is 1. The SMILES string of the molecule is O=C(Nc1ccc2c(c1)OCCO2)[C@@H]1[C@@H](C(=O)O)[C@H]2C=C[C@@H]1O2. The number of carboxylic acid groups (broad SMARTS) is 1. The Morgan fingerprint density at radius 2 is 1.74 bits per heavy atom. The van der Waals surface area contributed by atoms with Crippen LogP contribution in [0.5, 0.6) is 11.5 Å². The molecule has 120 valence electrons. The molecule has 1 amide bonds. The summed E-state index contributed by atoms with van der Waals surface area (Å²) < 4.78 is 16.4. The molecule has 1 saturated heterocycles. The van der Waals surface area contributed by atoms with Crippen LogP contribution in [0, 0.1) is 11.8 Å². The van der Waals surface area contributed by atoms with Gasteiger partial charge in [-0.05, 0) is 12.1 Å². The second-order valence-electron chi connectivity index (χ2n) is 5.69. The van der Waals surface area contributed by atoms with E-state index in [4.69, 9.17) is 14.2 Å². The number of hydrogen-bond donors (Lipinski definition) is 2. The first-order valence-electron chi connectivity index (χ1n) is 7.40. The van der Waals surface area contributed by atoms with Gasteiger partial charge in [-0.25, -0.2) is 0 Å². The lowest BCUT2D eigenvalue weighted by Crippen LogP contribution is -2.39. The van der Waals surface area contributed by atoms with E-state index in [9.17, 15) is 14.7 Å². The molecule has 0 saturated carbocycles. The average Bonchev–Trinajstić information content (AvgIpc) is 3.15. The van der Waals surface area contributed by atoms with Crippen molar-refractivity contribution < 1.29 is 28.9 Å². The molecule has 23 heavy (non-hydrogen) atoms. The Balaban J connectivity index is 1.54. The first-order chi connectivity index (χ1) is 11.1. The van der Waals surface area contributed by atoms with E-state index in [0.717, 1.165) is 0 Å². The third-order valence-electron chi connectivity index (χ3n) is 4.30. The molecule has 3 heterocycles. The standard InChI is InChI=1S/C16H15NO6/c18-15(13-10-3-4-11(23-10)14(13)16(19)20)17-8-1-2-9-12(7-8)22-6-5-21-9/h1-4,7,10-11,13-14H,5-6H2,(H,17,18)(H,19,20)/t10-,11+,13-,14-/m0/s1. The van der Waals surface area contributed by atoms with Crippen molar-refractivity contribution in [3.05, 3.63) is 30.4 Å². The van der Waals surface area contributed by atoms with E-state index in [2.05, 4.69) is 5.32 Å². The zero-order valence-corrected chi connectivity index (χ0v) is 12.1. The second-order valence-corrected chi connectivity index (χ2v) is 5.69. The summed E-state index contributed by atoms with van der Waals surface area (Å²) in [6, 6.07) is 5.09. The van der Waals surface area contributed by atoms with Gasteiger partial charge in [-0.15, -0.1) is 0 Å². The number of anilines is 1. The van der Waals surface area contributed by atoms with E-state index in [1.54, 1.807) is 30.4 Å². The van der Waals surface area contributed by atoms with E-state index in [1.807, 2.05) is 0 Å². The Morgan fingerprint density at radius 1 is 1.04 bits per heavy atom. The molecular formula is C16H15NO6. The quantitative estimate of drug-likeness (QED) is 0.809. The lowest BCUT2D eigenvalue weighted by atomic mass is 9.82. The number of ether oxygens (including phenoxy) is 3. The average molecular weight is 317 g/mol. The molecule has 4 rings (SSSR count). The molecule has 7 heteroatoms. The van der Waals surface area contributed by atoms with Crippen molar-refractivity contribution in [2.75, 3.05) is 18.5 Å². The largest absolute Gasteiger partial charge is 0.486 e. The molecule has 3 aliphatic rings. The van der Waals surface area contributed by atoms with Crippen molar-refractivity contribution >= 4 is 17.6 Å². The van der Waals surface area contributed by atoms with Gasteiger partial charge < -0.3 is 24.6 Å². The zero-order valence-electron chi connectivity index (χ0n) is 12.1. The van der Waals surface area contributed by atoms with Crippen molar-refractivity contribution in [3.8, 4) is 11.5 Å². The van der Waals surface area contributed by atoms with E-state index in [0.29, 0.717) is 30.4 Å². The number of amides is 1. The summed E-state index contributed by atoms with van der Waals surface area (Å²) in [4.78, 5) is 23.9.